The minimum Gasteiger partial charge on any atom is -0.487 e. The third kappa shape index (κ3) is 2.97. The first-order valence-corrected chi connectivity index (χ1v) is 6.63. The zero-order chi connectivity index (χ0) is 14.8. The third-order valence-electron chi connectivity index (χ3n) is 3.37. The Morgan fingerprint density at radius 3 is 2.81 bits per heavy atom. The van der Waals surface area contributed by atoms with Crippen molar-refractivity contribution in [3.63, 3.8) is 0 Å². The van der Waals surface area contributed by atoms with Crippen molar-refractivity contribution in [1.82, 2.24) is 0 Å². The highest BCUT2D eigenvalue weighted by molar-refractivity contribution is 5.38. The van der Waals surface area contributed by atoms with Gasteiger partial charge in [-0.3, -0.25) is 0 Å². The maximum atomic E-state index is 13.7. The molecule has 110 valence electrons. The summed E-state index contributed by atoms with van der Waals surface area (Å²) in [6, 6.07) is 8.66. The number of halogens is 2. The van der Waals surface area contributed by atoms with Crippen molar-refractivity contribution < 1.29 is 23.4 Å². The van der Waals surface area contributed by atoms with Crippen LogP contribution in [0.4, 0.5) is 8.78 Å². The molecule has 21 heavy (non-hydrogen) atoms. The van der Waals surface area contributed by atoms with E-state index in [0.717, 1.165) is 5.56 Å². The molecule has 1 N–H and O–H groups in total. The molecular formula is C16H14F2O3. The molecule has 0 aliphatic carbocycles. The fourth-order valence-corrected chi connectivity index (χ4v) is 2.32. The van der Waals surface area contributed by atoms with Gasteiger partial charge in [0.25, 0.3) is 0 Å². The number of ether oxygens (including phenoxy) is 2. The number of benzene rings is 2. The second-order valence-electron chi connectivity index (χ2n) is 4.93. The quantitative estimate of drug-likeness (QED) is 0.941. The lowest BCUT2D eigenvalue weighted by Crippen LogP contribution is -2.22. The molecule has 1 aliphatic rings. The Bertz CT molecular complexity index is 658. The fraction of sp³-hybridized carbons (Fsp3) is 0.250. The number of fused-ring (bicyclic) bond motifs is 1. The predicted molar refractivity (Wildman–Crippen MR) is 72.3 cm³/mol. The smallest absolute Gasteiger partial charge is 0.165 e. The molecule has 0 aromatic heterocycles. The number of hydrogen-bond donors (Lipinski definition) is 1. The van der Waals surface area contributed by atoms with E-state index in [1.807, 2.05) is 0 Å². The van der Waals surface area contributed by atoms with Crippen LogP contribution in [0.2, 0.25) is 0 Å². The Morgan fingerprint density at radius 2 is 2.05 bits per heavy atom. The average molecular weight is 292 g/mol. The van der Waals surface area contributed by atoms with Crippen LogP contribution in [0.15, 0.2) is 36.4 Å². The Labute approximate surface area is 120 Å². The van der Waals surface area contributed by atoms with E-state index in [0.29, 0.717) is 17.7 Å². The maximum Gasteiger partial charge on any atom is 0.165 e. The summed E-state index contributed by atoms with van der Waals surface area (Å²) < 4.78 is 37.8. The van der Waals surface area contributed by atoms with Crippen molar-refractivity contribution in [2.24, 2.45) is 0 Å². The van der Waals surface area contributed by atoms with E-state index in [4.69, 9.17) is 14.6 Å². The van der Waals surface area contributed by atoms with Crippen LogP contribution < -0.4 is 9.47 Å². The van der Waals surface area contributed by atoms with E-state index in [1.165, 1.54) is 24.3 Å². The maximum absolute atomic E-state index is 13.7. The third-order valence-corrected chi connectivity index (χ3v) is 3.37. The Hall–Kier alpha value is -2.14. The van der Waals surface area contributed by atoms with Crippen LogP contribution in [0.25, 0.3) is 0 Å². The first kappa shape index (κ1) is 13.8. The first-order chi connectivity index (χ1) is 10.2. The van der Waals surface area contributed by atoms with Crippen molar-refractivity contribution >= 4 is 0 Å². The Kier molecular flexibility index (Phi) is 3.75. The molecule has 0 saturated heterocycles. The molecule has 3 nitrogen and oxygen atoms in total. The minimum atomic E-state index is -0.525. The zero-order valence-corrected chi connectivity index (χ0v) is 11.2. The van der Waals surface area contributed by atoms with Gasteiger partial charge in [0.05, 0.1) is 6.61 Å². The van der Waals surface area contributed by atoms with E-state index in [1.54, 1.807) is 12.1 Å². The van der Waals surface area contributed by atoms with E-state index in [9.17, 15) is 8.78 Å². The van der Waals surface area contributed by atoms with E-state index < -0.39 is 5.82 Å². The van der Waals surface area contributed by atoms with Crippen molar-refractivity contribution in [2.75, 3.05) is 6.61 Å². The molecule has 3 rings (SSSR count). The fourth-order valence-electron chi connectivity index (χ4n) is 2.32. The molecule has 0 radical (unpaired) electrons. The van der Waals surface area contributed by atoms with Gasteiger partial charge in [-0.05, 0) is 35.9 Å². The van der Waals surface area contributed by atoms with Crippen LogP contribution >= 0.6 is 0 Å². The van der Waals surface area contributed by atoms with Crippen LogP contribution in [0.5, 0.6) is 11.5 Å². The molecule has 2 aromatic rings. The van der Waals surface area contributed by atoms with E-state index in [-0.39, 0.29) is 30.9 Å². The highest BCUT2D eigenvalue weighted by atomic mass is 19.1. The van der Waals surface area contributed by atoms with Crippen molar-refractivity contribution in [1.29, 1.82) is 0 Å². The molecule has 0 amide bonds. The summed E-state index contributed by atoms with van der Waals surface area (Å²) in [6.07, 6.45) is 0.266. The lowest BCUT2D eigenvalue weighted by molar-refractivity contribution is 0.145. The van der Waals surface area contributed by atoms with Crippen molar-refractivity contribution in [3.8, 4) is 11.5 Å². The number of rotatable bonds is 4. The Balaban J connectivity index is 1.62. The number of hydrogen-bond acceptors (Lipinski definition) is 3. The summed E-state index contributed by atoms with van der Waals surface area (Å²) in [4.78, 5) is 0. The number of aliphatic hydroxyl groups is 1. The summed E-state index contributed by atoms with van der Waals surface area (Å²) in [6.45, 7) is -0.0461. The largest absolute Gasteiger partial charge is 0.487 e. The molecule has 5 heteroatoms. The SMILES string of the molecule is OCc1ccc(OCC2Cc3cc(F)ccc3O2)c(F)c1. The lowest BCUT2D eigenvalue weighted by atomic mass is 10.1. The van der Waals surface area contributed by atoms with Gasteiger partial charge in [-0.25, -0.2) is 8.78 Å². The molecule has 0 spiro atoms. The van der Waals surface area contributed by atoms with Crippen LogP contribution in [0, 0.1) is 11.6 Å². The lowest BCUT2D eigenvalue weighted by Gasteiger charge is -2.13. The van der Waals surface area contributed by atoms with E-state index >= 15 is 0 Å². The average Bonchev–Trinajstić information content (AvgIpc) is 2.87. The van der Waals surface area contributed by atoms with Gasteiger partial charge in [0.15, 0.2) is 11.6 Å². The van der Waals surface area contributed by atoms with Crippen molar-refractivity contribution in [3.05, 3.63) is 59.2 Å². The molecule has 2 aromatic carbocycles. The van der Waals surface area contributed by atoms with Crippen molar-refractivity contribution in [2.45, 2.75) is 19.1 Å². The minimum absolute atomic E-state index is 0.109. The standard InChI is InChI=1S/C16H14F2O3/c17-12-2-4-15-11(6-12)7-13(21-15)9-20-16-3-1-10(8-19)5-14(16)18/h1-6,13,19H,7-9H2. The molecule has 1 heterocycles. The molecule has 1 atom stereocenters. The zero-order valence-electron chi connectivity index (χ0n) is 11.2. The summed E-state index contributed by atoms with van der Waals surface area (Å²) in [7, 11) is 0. The molecule has 0 saturated carbocycles. The van der Waals surface area contributed by atoms with Gasteiger partial charge in [0, 0.05) is 12.0 Å². The molecule has 0 bridgehead atoms. The van der Waals surface area contributed by atoms with Gasteiger partial charge in [-0.15, -0.1) is 0 Å². The number of aliphatic hydroxyl groups excluding tert-OH is 1. The van der Waals surface area contributed by atoms with Crippen LogP contribution in [-0.2, 0) is 13.0 Å². The topological polar surface area (TPSA) is 38.7 Å². The van der Waals surface area contributed by atoms with Gasteiger partial charge in [0.2, 0.25) is 0 Å². The van der Waals surface area contributed by atoms with Gasteiger partial charge in [-0.2, -0.15) is 0 Å². The molecule has 1 unspecified atom stereocenters. The van der Waals surface area contributed by atoms with Crippen LogP contribution in [0.1, 0.15) is 11.1 Å². The van der Waals surface area contributed by atoms with Gasteiger partial charge in [-0.1, -0.05) is 6.07 Å². The monoisotopic (exact) mass is 292 g/mol. The first-order valence-electron chi connectivity index (χ1n) is 6.63. The second kappa shape index (κ2) is 5.69. The normalized spacial score (nSPS) is 16.4. The Morgan fingerprint density at radius 1 is 1.19 bits per heavy atom. The van der Waals surface area contributed by atoms with Gasteiger partial charge >= 0.3 is 0 Å². The molecular weight excluding hydrogens is 278 g/mol. The van der Waals surface area contributed by atoms with Gasteiger partial charge in [0.1, 0.15) is 24.3 Å². The van der Waals surface area contributed by atoms with Crippen LogP contribution in [0.3, 0.4) is 0 Å². The second-order valence-corrected chi connectivity index (χ2v) is 4.93. The van der Waals surface area contributed by atoms with Crippen LogP contribution in [-0.4, -0.2) is 17.8 Å². The molecule has 0 fully saturated rings. The predicted octanol–water partition coefficient (Wildman–Crippen LogP) is 2.84. The molecule has 1 aliphatic heterocycles. The summed E-state index contributed by atoms with van der Waals surface area (Å²) in [5.41, 5.74) is 1.28. The summed E-state index contributed by atoms with van der Waals surface area (Å²) >= 11 is 0. The summed E-state index contributed by atoms with van der Waals surface area (Å²) in [5, 5.41) is 8.92. The van der Waals surface area contributed by atoms with Gasteiger partial charge < -0.3 is 14.6 Å². The highest BCUT2D eigenvalue weighted by Crippen LogP contribution is 2.29. The summed E-state index contributed by atoms with van der Waals surface area (Å²) in [5.74, 6) is -0.0771. The van der Waals surface area contributed by atoms with E-state index in [2.05, 4.69) is 0 Å². The highest BCUT2D eigenvalue weighted by Gasteiger charge is 2.24.